The number of rotatable bonds is 5. The zero-order valence-corrected chi connectivity index (χ0v) is 16.6. The highest BCUT2D eigenvalue weighted by atomic mass is 32.1. The standard InChI is InChI=1S/C22H17N3O4S/c26-20(23-11-14-7-8-17-18(10-14)29-13-28-17)12-25-22(27)16-5-2-1-4-15(16)21(24-25)19-6-3-9-30-19/h1-10H,11-13H2,(H,23,26). The van der Waals surface area contributed by atoms with Crippen LogP contribution < -0.4 is 20.3 Å². The quantitative estimate of drug-likeness (QED) is 0.537. The lowest BCUT2D eigenvalue weighted by atomic mass is 10.1. The Morgan fingerprint density at radius 1 is 1.07 bits per heavy atom. The predicted octanol–water partition coefficient (Wildman–Crippen LogP) is 3.17. The Balaban J connectivity index is 1.39. The molecule has 0 saturated heterocycles. The van der Waals surface area contributed by atoms with Gasteiger partial charge in [-0.2, -0.15) is 5.10 Å². The fourth-order valence-corrected chi connectivity index (χ4v) is 4.10. The van der Waals surface area contributed by atoms with Crippen LogP contribution in [0.4, 0.5) is 0 Å². The Morgan fingerprint density at radius 2 is 1.90 bits per heavy atom. The summed E-state index contributed by atoms with van der Waals surface area (Å²) in [6, 6.07) is 16.7. The largest absolute Gasteiger partial charge is 0.454 e. The van der Waals surface area contributed by atoms with Gasteiger partial charge in [-0.3, -0.25) is 9.59 Å². The zero-order chi connectivity index (χ0) is 20.5. The molecule has 7 nitrogen and oxygen atoms in total. The molecule has 2 aromatic heterocycles. The van der Waals surface area contributed by atoms with Crippen LogP contribution in [-0.2, 0) is 17.9 Å². The molecule has 4 aromatic rings. The summed E-state index contributed by atoms with van der Waals surface area (Å²) in [6.45, 7) is 0.358. The average Bonchev–Trinajstić information content (AvgIpc) is 3.46. The number of nitrogens with one attached hydrogen (secondary N) is 1. The molecule has 0 fully saturated rings. The van der Waals surface area contributed by atoms with Crippen LogP contribution in [-0.4, -0.2) is 22.5 Å². The van der Waals surface area contributed by atoms with Crippen LogP contribution in [0.5, 0.6) is 11.5 Å². The van der Waals surface area contributed by atoms with Crippen molar-refractivity contribution in [3.63, 3.8) is 0 Å². The third kappa shape index (κ3) is 3.42. The maximum Gasteiger partial charge on any atom is 0.275 e. The molecular formula is C22H17N3O4S. The van der Waals surface area contributed by atoms with Crippen LogP contribution in [0.2, 0.25) is 0 Å². The van der Waals surface area contributed by atoms with Crippen LogP contribution >= 0.6 is 11.3 Å². The molecule has 0 spiro atoms. The average molecular weight is 419 g/mol. The molecule has 0 radical (unpaired) electrons. The van der Waals surface area contributed by atoms with E-state index in [0.29, 0.717) is 29.1 Å². The van der Waals surface area contributed by atoms with Crippen molar-refractivity contribution in [3.8, 4) is 22.1 Å². The van der Waals surface area contributed by atoms with E-state index in [4.69, 9.17) is 9.47 Å². The molecule has 150 valence electrons. The van der Waals surface area contributed by atoms with Gasteiger partial charge in [-0.1, -0.05) is 30.3 Å². The minimum Gasteiger partial charge on any atom is -0.454 e. The number of carbonyl (C=O) groups excluding carboxylic acids is 1. The molecule has 0 bridgehead atoms. The molecule has 1 aliphatic rings. The summed E-state index contributed by atoms with van der Waals surface area (Å²) in [4.78, 5) is 26.4. The molecule has 0 saturated carbocycles. The number of thiophene rings is 1. The van der Waals surface area contributed by atoms with E-state index < -0.39 is 0 Å². The van der Waals surface area contributed by atoms with Crippen molar-refractivity contribution in [2.75, 3.05) is 6.79 Å². The van der Waals surface area contributed by atoms with Gasteiger partial charge in [-0.25, -0.2) is 4.68 Å². The van der Waals surface area contributed by atoms with Crippen molar-refractivity contribution < 1.29 is 14.3 Å². The first-order valence-electron chi connectivity index (χ1n) is 9.38. The molecule has 0 aliphatic carbocycles. The molecule has 30 heavy (non-hydrogen) atoms. The number of benzene rings is 2. The van der Waals surface area contributed by atoms with Gasteiger partial charge in [-0.05, 0) is 35.2 Å². The molecule has 0 atom stereocenters. The molecule has 1 amide bonds. The van der Waals surface area contributed by atoms with Gasteiger partial charge in [0.15, 0.2) is 11.5 Å². The van der Waals surface area contributed by atoms with E-state index in [2.05, 4.69) is 10.4 Å². The Labute approximate surface area is 175 Å². The van der Waals surface area contributed by atoms with Gasteiger partial charge in [0, 0.05) is 11.9 Å². The molecule has 1 N–H and O–H groups in total. The maximum atomic E-state index is 12.9. The van der Waals surface area contributed by atoms with Crippen molar-refractivity contribution in [2.24, 2.45) is 0 Å². The van der Waals surface area contributed by atoms with Crippen molar-refractivity contribution in [2.45, 2.75) is 13.1 Å². The van der Waals surface area contributed by atoms with E-state index >= 15 is 0 Å². The van der Waals surface area contributed by atoms with Gasteiger partial charge in [0.25, 0.3) is 5.56 Å². The second-order valence-electron chi connectivity index (χ2n) is 6.80. The first-order chi connectivity index (χ1) is 14.7. The predicted molar refractivity (Wildman–Crippen MR) is 114 cm³/mol. The summed E-state index contributed by atoms with van der Waals surface area (Å²) in [5, 5.41) is 10.6. The Hall–Kier alpha value is -3.65. The molecule has 3 heterocycles. The highest BCUT2D eigenvalue weighted by molar-refractivity contribution is 7.13. The van der Waals surface area contributed by atoms with Crippen LogP contribution in [0.3, 0.4) is 0 Å². The summed E-state index contributed by atoms with van der Waals surface area (Å²) < 4.78 is 11.9. The molecular weight excluding hydrogens is 402 g/mol. The van der Waals surface area contributed by atoms with Crippen LogP contribution in [0.15, 0.2) is 64.8 Å². The van der Waals surface area contributed by atoms with Crippen LogP contribution in [0, 0.1) is 0 Å². The van der Waals surface area contributed by atoms with Gasteiger partial charge >= 0.3 is 0 Å². The second-order valence-corrected chi connectivity index (χ2v) is 7.75. The molecule has 2 aromatic carbocycles. The fourth-order valence-electron chi connectivity index (χ4n) is 3.38. The molecule has 1 aliphatic heterocycles. The van der Waals surface area contributed by atoms with Crippen molar-refractivity contribution in [1.82, 2.24) is 15.1 Å². The molecule has 5 rings (SSSR count). The summed E-state index contributed by atoms with van der Waals surface area (Å²) in [5.74, 6) is 1.06. The van der Waals surface area contributed by atoms with Crippen LogP contribution in [0.1, 0.15) is 5.56 Å². The lowest BCUT2D eigenvalue weighted by molar-refractivity contribution is -0.122. The number of hydrogen-bond donors (Lipinski definition) is 1. The third-order valence-corrected chi connectivity index (χ3v) is 5.72. The number of ether oxygens (including phenoxy) is 2. The van der Waals surface area contributed by atoms with Gasteiger partial charge in [0.2, 0.25) is 12.7 Å². The van der Waals surface area contributed by atoms with Gasteiger partial charge in [0.1, 0.15) is 12.2 Å². The van der Waals surface area contributed by atoms with E-state index in [1.807, 2.05) is 53.9 Å². The van der Waals surface area contributed by atoms with E-state index in [1.54, 1.807) is 17.4 Å². The minimum absolute atomic E-state index is 0.160. The lowest BCUT2D eigenvalue weighted by Gasteiger charge is -2.11. The van der Waals surface area contributed by atoms with Crippen molar-refractivity contribution in [1.29, 1.82) is 0 Å². The minimum atomic E-state index is -0.297. The SMILES string of the molecule is O=C(Cn1nc(-c2cccs2)c2ccccc2c1=O)NCc1ccc2c(c1)OCO2. The summed E-state index contributed by atoms with van der Waals surface area (Å²) in [5.41, 5.74) is 1.29. The fraction of sp³-hybridized carbons (Fsp3) is 0.136. The first kappa shape index (κ1) is 18.4. The maximum absolute atomic E-state index is 12.9. The Morgan fingerprint density at radius 3 is 2.73 bits per heavy atom. The van der Waals surface area contributed by atoms with Gasteiger partial charge in [-0.15, -0.1) is 11.3 Å². The number of nitrogens with zero attached hydrogens (tertiary/aromatic N) is 2. The van der Waals surface area contributed by atoms with E-state index in [0.717, 1.165) is 15.8 Å². The smallest absolute Gasteiger partial charge is 0.275 e. The zero-order valence-electron chi connectivity index (χ0n) is 15.8. The second kappa shape index (κ2) is 7.64. The lowest BCUT2D eigenvalue weighted by Crippen LogP contribution is -2.33. The summed E-state index contributed by atoms with van der Waals surface area (Å²) in [7, 11) is 0. The molecule has 8 heteroatoms. The first-order valence-corrected chi connectivity index (χ1v) is 10.3. The topological polar surface area (TPSA) is 82.5 Å². The van der Waals surface area contributed by atoms with Crippen molar-refractivity contribution in [3.05, 3.63) is 75.9 Å². The Bertz CT molecular complexity index is 1300. The summed E-state index contributed by atoms with van der Waals surface area (Å²) >= 11 is 1.54. The van der Waals surface area contributed by atoms with Gasteiger partial charge in [0.05, 0.1) is 10.3 Å². The number of hydrogen-bond acceptors (Lipinski definition) is 6. The number of amides is 1. The van der Waals surface area contributed by atoms with E-state index in [-0.39, 0.29) is 24.8 Å². The monoisotopic (exact) mass is 419 g/mol. The van der Waals surface area contributed by atoms with Crippen molar-refractivity contribution >= 4 is 28.0 Å². The normalized spacial score (nSPS) is 12.3. The van der Waals surface area contributed by atoms with E-state index in [9.17, 15) is 9.59 Å². The summed E-state index contributed by atoms with van der Waals surface area (Å²) in [6.07, 6.45) is 0. The highest BCUT2D eigenvalue weighted by Gasteiger charge is 2.16. The third-order valence-electron chi connectivity index (χ3n) is 4.84. The van der Waals surface area contributed by atoms with E-state index in [1.165, 1.54) is 4.68 Å². The Kier molecular flexibility index (Phi) is 4.68. The number of fused-ring (bicyclic) bond motifs is 2. The highest BCUT2D eigenvalue weighted by Crippen LogP contribution is 2.32. The van der Waals surface area contributed by atoms with Crippen LogP contribution in [0.25, 0.3) is 21.3 Å². The van der Waals surface area contributed by atoms with Gasteiger partial charge < -0.3 is 14.8 Å². The number of carbonyl (C=O) groups is 1. The molecule has 0 unspecified atom stereocenters. The number of aromatic nitrogens is 2.